The Bertz CT molecular complexity index is 317. The summed E-state index contributed by atoms with van der Waals surface area (Å²) in [7, 11) is 1.71. The van der Waals surface area contributed by atoms with Crippen LogP contribution >= 0.6 is 0 Å². The Hall–Kier alpha value is -1.35. The quantitative estimate of drug-likeness (QED) is 0.539. The Labute approximate surface area is 103 Å². The number of esters is 1. The Kier molecular flexibility index (Phi) is 6.33. The van der Waals surface area contributed by atoms with E-state index in [4.69, 9.17) is 9.47 Å². The smallest absolute Gasteiger partial charge is 0.338 e. The molecule has 1 unspecified atom stereocenters. The number of rotatable bonds is 7. The third-order valence-corrected chi connectivity index (χ3v) is 2.70. The van der Waals surface area contributed by atoms with Gasteiger partial charge in [-0.15, -0.1) is 0 Å². The maximum absolute atomic E-state index is 11.6. The number of carbonyl (C=O) groups is 1. The minimum Gasteiger partial charge on any atom is -0.462 e. The van der Waals surface area contributed by atoms with Crippen LogP contribution in [-0.2, 0) is 9.47 Å². The second kappa shape index (κ2) is 7.85. The molecule has 0 aliphatic carbocycles. The minimum absolute atomic E-state index is 0.254. The van der Waals surface area contributed by atoms with Gasteiger partial charge < -0.3 is 9.47 Å². The standard InChI is InChI=1S/C14H20O3/c1-3-13(16-2)10-7-11-17-14(15)12-8-5-4-6-9-12/h4-6,8-9,13H,3,7,10-11H2,1-2H3. The van der Waals surface area contributed by atoms with Gasteiger partial charge in [-0.05, 0) is 31.4 Å². The van der Waals surface area contributed by atoms with Crippen molar-refractivity contribution in [3.8, 4) is 0 Å². The van der Waals surface area contributed by atoms with Crippen molar-refractivity contribution in [2.45, 2.75) is 32.3 Å². The summed E-state index contributed by atoms with van der Waals surface area (Å²) in [6, 6.07) is 9.04. The van der Waals surface area contributed by atoms with Gasteiger partial charge in [-0.25, -0.2) is 4.79 Å². The lowest BCUT2D eigenvalue weighted by Gasteiger charge is -2.12. The molecule has 0 heterocycles. The highest BCUT2D eigenvalue weighted by molar-refractivity contribution is 5.89. The molecule has 0 amide bonds. The van der Waals surface area contributed by atoms with E-state index in [0.29, 0.717) is 12.2 Å². The van der Waals surface area contributed by atoms with Crippen molar-refractivity contribution >= 4 is 5.97 Å². The largest absolute Gasteiger partial charge is 0.462 e. The molecular weight excluding hydrogens is 216 g/mol. The molecule has 0 saturated heterocycles. The second-order valence-electron chi connectivity index (χ2n) is 3.91. The highest BCUT2D eigenvalue weighted by atomic mass is 16.5. The van der Waals surface area contributed by atoms with Crippen molar-refractivity contribution in [1.82, 2.24) is 0 Å². The monoisotopic (exact) mass is 236 g/mol. The molecule has 0 aliphatic heterocycles. The minimum atomic E-state index is -0.254. The van der Waals surface area contributed by atoms with Crippen LogP contribution in [0.15, 0.2) is 30.3 Å². The third-order valence-electron chi connectivity index (χ3n) is 2.70. The van der Waals surface area contributed by atoms with Crippen LogP contribution in [-0.4, -0.2) is 25.8 Å². The van der Waals surface area contributed by atoms with Crippen LogP contribution in [0.25, 0.3) is 0 Å². The molecule has 3 heteroatoms. The lowest BCUT2D eigenvalue weighted by atomic mass is 10.1. The number of carbonyl (C=O) groups excluding carboxylic acids is 1. The van der Waals surface area contributed by atoms with Gasteiger partial charge in [0.15, 0.2) is 0 Å². The highest BCUT2D eigenvalue weighted by Crippen LogP contribution is 2.07. The molecular formula is C14H20O3. The highest BCUT2D eigenvalue weighted by Gasteiger charge is 2.07. The Morgan fingerprint density at radius 3 is 2.59 bits per heavy atom. The predicted molar refractivity (Wildman–Crippen MR) is 67.0 cm³/mol. The lowest BCUT2D eigenvalue weighted by Crippen LogP contribution is -2.12. The van der Waals surface area contributed by atoms with Gasteiger partial charge in [0.2, 0.25) is 0 Å². The average molecular weight is 236 g/mol. The Morgan fingerprint density at radius 1 is 1.29 bits per heavy atom. The van der Waals surface area contributed by atoms with E-state index < -0.39 is 0 Å². The summed E-state index contributed by atoms with van der Waals surface area (Å²) in [5.41, 5.74) is 0.603. The van der Waals surface area contributed by atoms with Gasteiger partial charge in [-0.2, -0.15) is 0 Å². The van der Waals surface area contributed by atoms with E-state index in [9.17, 15) is 4.79 Å². The fourth-order valence-electron chi connectivity index (χ4n) is 1.62. The van der Waals surface area contributed by atoms with E-state index in [0.717, 1.165) is 19.3 Å². The fraction of sp³-hybridized carbons (Fsp3) is 0.500. The Morgan fingerprint density at radius 2 is 2.00 bits per heavy atom. The molecule has 1 aromatic rings. The molecule has 0 bridgehead atoms. The van der Waals surface area contributed by atoms with Crippen molar-refractivity contribution in [2.75, 3.05) is 13.7 Å². The number of methoxy groups -OCH3 is 1. The van der Waals surface area contributed by atoms with Crippen LogP contribution in [0.1, 0.15) is 36.5 Å². The first-order valence-electron chi connectivity index (χ1n) is 6.03. The topological polar surface area (TPSA) is 35.5 Å². The van der Waals surface area contributed by atoms with E-state index in [2.05, 4.69) is 6.92 Å². The van der Waals surface area contributed by atoms with Gasteiger partial charge in [0.25, 0.3) is 0 Å². The lowest BCUT2D eigenvalue weighted by molar-refractivity contribution is 0.0448. The van der Waals surface area contributed by atoms with Crippen molar-refractivity contribution in [3.05, 3.63) is 35.9 Å². The zero-order valence-corrected chi connectivity index (χ0v) is 10.5. The maximum atomic E-state index is 11.6. The number of hydrogen-bond acceptors (Lipinski definition) is 3. The molecule has 17 heavy (non-hydrogen) atoms. The van der Waals surface area contributed by atoms with E-state index in [1.54, 1.807) is 19.2 Å². The summed E-state index contributed by atoms with van der Waals surface area (Å²) in [5, 5.41) is 0. The fourth-order valence-corrected chi connectivity index (χ4v) is 1.62. The number of ether oxygens (including phenoxy) is 2. The van der Waals surface area contributed by atoms with Crippen molar-refractivity contribution in [1.29, 1.82) is 0 Å². The molecule has 0 aliphatic rings. The molecule has 0 radical (unpaired) electrons. The van der Waals surface area contributed by atoms with E-state index >= 15 is 0 Å². The first-order chi connectivity index (χ1) is 8.27. The summed E-state index contributed by atoms with van der Waals surface area (Å²) in [5.74, 6) is -0.254. The van der Waals surface area contributed by atoms with Crippen LogP contribution in [0.2, 0.25) is 0 Å². The zero-order chi connectivity index (χ0) is 12.5. The number of benzene rings is 1. The molecule has 1 aromatic carbocycles. The molecule has 1 atom stereocenters. The Balaban J connectivity index is 2.21. The van der Waals surface area contributed by atoms with Crippen molar-refractivity contribution < 1.29 is 14.3 Å². The van der Waals surface area contributed by atoms with Crippen LogP contribution in [0.4, 0.5) is 0 Å². The van der Waals surface area contributed by atoms with Crippen LogP contribution in [0.3, 0.4) is 0 Å². The van der Waals surface area contributed by atoms with Crippen molar-refractivity contribution in [2.24, 2.45) is 0 Å². The summed E-state index contributed by atoms with van der Waals surface area (Å²) in [6.07, 6.45) is 3.02. The van der Waals surface area contributed by atoms with Gasteiger partial charge in [-0.3, -0.25) is 0 Å². The molecule has 0 spiro atoms. The van der Waals surface area contributed by atoms with Gasteiger partial charge in [0.05, 0.1) is 18.3 Å². The average Bonchev–Trinajstić information content (AvgIpc) is 2.40. The van der Waals surface area contributed by atoms with E-state index in [1.165, 1.54) is 0 Å². The van der Waals surface area contributed by atoms with Gasteiger partial charge in [0, 0.05) is 7.11 Å². The summed E-state index contributed by atoms with van der Waals surface area (Å²) in [4.78, 5) is 11.6. The predicted octanol–water partition coefficient (Wildman–Crippen LogP) is 3.05. The molecule has 0 N–H and O–H groups in total. The molecule has 0 fully saturated rings. The first kappa shape index (κ1) is 13.7. The maximum Gasteiger partial charge on any atom is 0.338 e. The zero-order valence-electron chi connectivity index (χ0n) is 10.5. The summed E-state index contributed by atoms with van der Waals surface area (Å²) >= 11 is 0. The van der Waals surface area contributed by atoms with Crippen LogP contribution < -0.4 is 0 Å². The van der Waals surface area contributed by atoms with Gasteiger partial charge in [-0.1, -0.05) is 25.1 Å². The van der Waals surface area contributed by atoms with Crippen LogP contribution in [0.5, 0.6) is 0 Å². The summed E-state index contributed by atoms with van der Waals surface area (Å²) in [6.45, 7) is 2.54. The molecule has 1 rings (SSSR count). The van der Waals surface area contributed by atoms with Gasteiger partial charge >= 0.3 is 5.97 Å². The SMILES string of the molecule is CCC(CCCOC(=O)c1ccccc1)OC. The molecule has 3 nitrogen and oxygen atoms in total. The van der Waals surface area contributed by atoms with Gasteiger partial charge in [0.1, 0.15) is 0 Å². The molecule has 94 valence electrons. The van der Waals surface area contributed by atoms with Crippen molar-refractivity contribution in [3.63, 3.8) is 0 Å². The van der Waals surface area contributed by atoms with E-state index in [1.807, 2.05) is 18.2 Å². The van der Waals surface area contributed by atoms with E-state index in [-0.39, 0.29) is 12.1 Å². The number of hydrogen-bond donors (Lipinski definition) is 0. The molecule has 0 aromatic heterocycles. The first-order valence-corrected chi connectivity index (χ1v) is 6.03. The normalized spacial score (nSPS) is 12.1. The summed E-state index contributed by atoms with van der Waals surface area (Å²) < 4.78 is 10.4. The van der Waals surface area contributed by atoms with Crippen LogP contribution in [0, 0.1) is 0 Å². The molecule has 0 saturated carbocycles. The third kappa shape index (κ3) is 5.00. The second-order valence-corrected chi connectivity index (χ2v) is 3.91.